The summed E-state index contributed by atoms with van der Waals surface area (Å²) in [7, 11) is 0. The second kappa shape index (κ2) is 11.0. The van der Waals surface area contributed by atoms with E-state index in [-0.39, 0.29) is 24.0 Å². The van der Waals surface area contributed by atoms with Gasteiger partial charge in [0.15, 0.2) is 6.29 Å². The molecule has 1 saturated carbocycles. The summed E-state index contributed by atoms with van der Waals surface area (Å²) in [5.74, 6) is -0.709. The zero-order valence-electron chi connectivity index (χ0n) is 17.7. The summed E-state index contributed by atoms with van der Waals surface area (Å²) in [6.07, 6.45) is 2.16. The van der Waals surface area contributed by atoms with Gasteiger partial charge in [-0.1, -0.05) is 12.2 Å². The lowest BCUT2D eigenvalue weighted by Crippen LogP contribution is -2.59. The fourth-order valence-corrected chi connectivity index (χ4v) is 4.56. The summed E-state index contributed by atoms with van der Waals surface area (Å²) in [6.45, 7) is 1.32. The van der Waals surface area contributed by atoms with Crippen molar-refractivity contribution >= 4 is 5.97 Å². The van der Waals surface area contributed by atoms with Gasteiger partial charge < -0.3 is 39.7 Å². The molecule has 0 aromatic heterocycles. The Morgan fingerprint density at radius 2 is 1.87 bits per heavy atom. The van der Waals surface area contributed by atoms with Crippen molar-refractivity contribution in [3.05, 3.63) is 24.3 Å². The molecule has 0 spiro atoms. The van der Waals surface area contributed by atoms with Gasteiger partial charge in [-0.15, -0.1) is 0 Å². The third-order valence-electron chi connectivity index (χ3n) is 6.35. The highest BCUT2D eigenvalue weighted by Gasteiger charge is 2.46. The van der Waals surface area contributed by atoms with Crippen LogP contribution in [-0.2, 0) is 19.0 Å². The average molecular weight is 443 g/mol. The van der Waals surface area contributed by atoms with Crippen LogP contribution in [0.25, 0.3) is 0 Å². The molecular formula is C22H34O9. The lowest BCUT2D eigenvalue weighted by Gasteiger charge is -2.40. The van der Waals surface area contributed by atoms with E-state index in [0.717, 1.165) is 19.3 Å². The minimum Gasteiger partial charge on any atom is -0.460 e. The molecule has 9 heteroatoms. The molecule has 0 bridgehead atoms. The summed E-state index contributed by atoms with van der Waals surface area (Å²) in [5.41, 5.74) is 0. The average Bonchev–Trinajstić information content (AvgIpc) is 3.14. The number of cyclic esters (lactones) is 1. The van der Waals surface area contributed by atoms with Gasteiger partial charge in [-0.3, -0.25) is 0 Å². The maximum absolute atomic E-state index is 11.9. The smallest absolute Gasteiger partial charge is 0.330 e. The maximum Gasteiger partial charge on any atom is 0.330 e. The Morgan fingerprint density at radius 3 is 2.61 bits per heavy atom. The van der Waals surface area contributed by atoms with Gasteiger partial charge in [-0.05, 0) is 56.9 Å². The molecule has 31 heavy (non-hydrogen) atoms. The van der Waals surface area contributed by atoms with E-state index in [1.807, 2.05) is 6.92 Å². The minimum atomic E-state index is -1.50. The molecule has 0 aromatic carbocycles. The molecule has 10 atom stereocenters. The Morgan fingerprint density at radius 1 is 1.10 bits per heavy atom. The van der Waals surface area contributed by atoms with Crippen LogP contribution in [0.15, 0.2) is 24.3 Å². The van der Waals surface area contributed by atoms with Crippen molar-refractivity contribution in [2.45, 2.75) is 88.0 Å². The molecule has 1 aliphatic carbocycles. The van der Waals surface area contributed by atoms with Crippen LogP contribution in [0, 0.1) is 11.8 Å². The van der Waals surface area contributed by atoms with Crippen LogP contribution in [0.3, 0.4) is 0 Å². The lowest BCUT2D eigenvalue weighted by molar-refractivity contribution is -0.311. The first-order chi connectivity index (χ1) is 14.8. The molecule has 9 nitrogen and oxygen atoms in total. The van der Waals surface area contributed by atoms with Crippen molar-refractivity contribution in [1.29, 1.82) is 0 Å². The van der Waals surface area contributed by atoms with Gasteiger partial charge in [0, 0.05) is 6.08 Å². The number of aliphatic hydroxyl groups excluding tert-OH is 5. The van der Waals surface area contributed by atoms with E-state index in [1.165, 1.54) is 12.2 Å². The standard InChI is InChI=1S/C22H34O9/c1-12-5-3-2-4-6-13-9-14(10-15(13)16(24)7-8-18(25)29-12)30-22-21(28)20(27)19(26)17(11-23)31-22/h4,6-8,12-17,19-24,26-28H,2-3,5,9-11H2,1H3/b6-4+,8-7+/t12?,13-,14?,15-,16-,17+,19-,20-,21+,22+/m0/s1. The van der Waals surface area contributed by atoms with Gasteiger partial charge in [-0.2, -0.15) is 0 Å². The van der Waals surface area contributed by atoms with Gasteiger partial charge in [-0.25, -0.2) is 4.79 Å². The van der Waals surface area contributed by atoms with Crippen LogP contribution >= 0.6 is 0 Å². The van der Waals surface area contributed by atoms with E-state index in [0.29, 0.717) is 12.8 Å². The molecule has 2 aliphatic heterocycles. The van der Waals surface area contributed by atoms with Crippen LogP contribution in [0.4, 0.5) is 0 Å². The molecule has 0 amide bonds. The first kappa shape index (κ1) is 24.3. The molecule has 5 N–H and O–H groups in total. The fourth-order valence-electron chi connectivity index (χ4n) is 4.56. The van der Waals surface area contributed by atoms with Gasteiger partial charge in [0.25, 0.3) is 0 Å². The topological polar surface area (TPSA) is 146 Å². The summed E-state index contributed by atoms with van der Waals surface area (Å²) < 4.78 is 16.6. The van der Waals surface area contributed by atoms with Crippen molar-refractivity contribution < 1.29 is 44.5 Å². The largest absolute Gasteiger partial charge is 0.460 e. The number of carbonyl (C=O) groups excluding carboxylic acids is 1. The van der Waals surface area contributed by atoms with Crippen LogP contribution in [0.2, 0.25) is 0 Å². The molecule has 176 valence electrons. The molecule has 1 saturated heterocycles. The van der Waals surface area contributed by atoms with Crippen molar-refractivity contribution in [3.8, 4) is 0 Å². The second-order valence-corrected chi connectivity index (χ2v) is 8.71. The highest BCUT2D eigenvalue weighted by atomic mass is 16.7. The highest BCUT2D eigenvalue weighted by molar-refractivity contribution is 5.82. The fraction of sp³-hybridized carbons (Fsp3) is 0.773. The summed E-state index contributed by atoms with van der Waals surface area (Å²) in [4.78, 5) is 11.9. The maximum atomic E-state index is 11.9. The second-order valence-electron chi connectivity index (χ2n) is 8.71. The van der Waals surface area contributed by atoms with E-state index in [4.69, 9.17) is 14.2 Å². The Balaban J connectivity index is 1.69. The number of ether oxygens (including phenoxy) is 3. The number of fused-ring (bicyclic) bond motifs is 1. The van der Waals surface area contributed by atoms with E-state index in [2.05, 4.69) is 12.2 Å². The Hall–Kier alpha value is -1.33. The predicted molar refractivity (Wildman–Crippen MR) is 109 cm³/mol. The third-order valence-corrected chi connectivity index (χ3v) is 6.35. The summed E-state index contributed by atoms with van der Waals surface area (Å²) >= 11 is 0. The summed E-state index contributed by atoms with van der Waals surface area (Å²) in [6, 6.07) is 0. The number of rotatable bonds is 3. The lowest BCUT2D eigenvalue weighted by atomic mass is 9.90. The number of esters is 1. The molecule has 3 aliphatic rings. The van der Waals surface area contributed by atoms with Crippen LogP contribution in [0.5, 0.6) is 0 Å². The van der Waals surface area contributed by atoms with Crippen LogP contribution in [-0.4, -0.2) is 87.1 Å². The zero-order chi connectivity index (χ0) is 22.5. The Labute approximate surface area is 181 Å². The number of hydrogen-bond acceptors (Lipinski definition) is 9. The molecule has 2 unspecified atom stereocenters. The normalized spacial score (nSPS) is 46.7. The van der Waals surface area contributed by atoms with Crippen LogP contribution in [0.1, 0.15) is 39.0 Å². The molecule has 2 heterocycles. The molecule has 0 aromatic rings. The predicted octanol–water partition coefficient (Wildman–Crippen LogP) is -0.213. The number of carbonyl (C=O) groups is 1. The Bertz CT molecular complexity index is 649. The van der Waals surface area contributed by atoms with Crippen molar-refractivity contribution in [2.24, 2.45) is 11.8 Å². The number of aliphatic hydroxyl groups is 5. The van der Waals surface area contributed by atoms with E-state index in [1.54, 1.807) is 0 Å². The van der Waals surface area contributed by atoms with E-state index >= 15 is 0 Å². The monoisotopic (exact) mass is 442 g/mol. The van der Waals surface area contributed by atoms with Gasteiger partial charge in [0.2, 0.25) is 0 Å². The van der Waals surface area contributed by atoms with E-state index in [9.17, 15) is 30.3 Å². The van der Waals surface area contributed by atoms with Gasteiger partial charge in [0.05, 0.1) is 24.9 Å². The SMILES string of the molecule is CC1CCC/C=C/[C@H]2CC(O[C@@H]3O[C@H](CO)[C@H](O)[C@H](O)[C@H]3O)C[C@@H]2[C@@H](O)/C=C/C(=O)O1. The van der Waals surface area contributed by atoms with Gasteiger partial charge >= 0.3 is 5.97 Å². The van der Waals surface area contributed by atoms with Gasteiger partial charge in [0.1, 0.15) is 24.4 Å². The first-order valence-corrected chi connectivity index (χ1v) is 11.0. The molecule has 0 radical (unpaired) electrons. The molecular weight excluding hydrogens is 408 g/mol. The Kier molecular flexibility index (Phi) is 8.63. The highest BCUT2D eigenvalue weighted by Crippen LogP contribution is 2.39. The first-order valence-electron chi connectivity index (χ1n) is 11.0. The minimum absolute atomic E-state index is 0.0104. The van der Waals surface area contributed by atoms with E-state index < -0.39 is 49.4 Å². The van der Waals surface area contributed by atoms with Crippen molar-refractivity contribution in [2.75, 3.05) is 6.61 Å². The van der Waals surface area contributed by atoms with Crippen molar-refractivity contribution in [3.63, 3.8) is 0 Å². The number of hydrogen-bond donors (Lipinski definition) is 5. The zero-order valence-corrected chi connectivity index (χ0v) is 17.7. The summed E-state index contributed by atoms with van der Waals surface area (Å²) in [5, 5.41) is 50.1. The third kappa shape index (κ3) is 6.13. The van der Waals surface area contributed by atoms with Crippen molar-refractivity contribution in [1.82, 2.24) is 0 Å². The molecule has 2 fully saturated rings. The number of allylic oxidation sites excluding steroid dienone is 2. The van der Waals surface area contributed by atoms with Crippen LogP contribution < -0.4 is 0 Å². The quantitative estimate of drug-likeness (QED) is 0.296. The molecule has 3 rings (SSSR count).